The van der Waals surface area contributed by atoms with Crippen LogP contribution in [0.25, 0.3) is 0 Å². The van der Waals surface area contributed by atoms with Crippen LogP contribution in [0.1, 0.15) is 0 Å². The summed E-state index contributed by atoms with van der Waals surface area (Å²) in [7, 11) is 0. The lowest BCUT2D eigenvalue weighted by atomic mass is 10.3. The molecule has 2 aromatic carbocycles. The Labute approximate surface area is 117 Å². The Balaban J connectivity index is 2.00. The molecule has 5 nitrogen and oxygen atoms in total. The molecule has 0 saturated carbocycles. The van der Waals surface area contributed by atoms with E-state index in [0.29, 0.717) is 9.79 Å². The summed E-state index contributed by atoms with van der Waals surface area (Å²) in [5.74, 6) is -1.01. The minimum absolute atomic E-state index is 0.237. The van der Waals surface area contributed by atoms with Crippen molar-refractivity contribution in [2.75, 3.05) is 0 Å². The molecule has 0 fully saturated rings. The fourth-order valence-electron chi connectivity index (χ4n) is 1.25. The van der Waals surface area contributed by atoms with Crippen LogP contribution in [0, 0.1) is 0 Å². The second-order valence-electron chi connectivity index (χ2n) is 3.48. The number of benzene rings is 2. The maximum atomic E-state index is 9.54. The number of phenols is 4. The smallest absolute Gasteiger partial charge is 0.173 e. The van der Waals surface area contributed by atoms with Gasteiger partial charge in [0.2, 0.25) is 0 Å². The van der Waals surface area contributed by atoms with Crippen molar-refractivity contribution in [1.82, 2.24) is 0 Å². The lowest BCUT2D eigenvalue weighted by Gasteiger charge is -2.06. The van der Waals surface area contributed by atoms with E-state index in [1.807, 2.05) is 0 Å². The summed E-state index contributed by atoms with van der Waals surface area (Å²) in [5, 5.41) is 37.7. The quantitative estimate of drug-likeness (QED) is 0.509. The molecule has 2 aromatic rings. The Kier molecular flexibility index (Phi) is 4.31. The normalized spacial score (nSPS) is 10.5. The fraction of sp³-hybridized carbons (Fsp3) is 0. The van der Waals surface area contributed by atoms with Crippen LogP contribution in [0.15, 0.2) is 46.2 Å². The number of para-hydroxylation sites is 2. The van der Waals surface area contributed by atoms with E-state index in [-0.39, 0.29) is 23.0 Å². The third kappa shape index (κ3) is 3.19. The summed E-state index contributed by atoms with van der Waals surface area (Å²) in [4.78, 5) is 0.680. The van der Waals surface area contributed by atoms with Gasteiger partial charge in [0, 0.05) is 24.1 Å². The predicted octanol–water partition coefficient (Wildman–Crippen LogP) is 3.24. The third-order valence-corrected chi connectivity index (χ3v) is 3.77. The van der Waals surface area contributed by atoms with Gasteiger partial charge in [-0.2, -0.15) is 0 Å². The van der Waals surface area contributed by atoms with Crippen molar-refractivity contribution >= 4 is 24.1 Å². The van der Waals surface area contributed by atoms with Crippen LogP contribution in [-0.2, 0) is 3.63 Å². The van der Waals surface area contributed by atoms with Gasteiger partial charge in [-0.05, 0) is 24.3 Å². The SMILES string of the molecule is Oc1cccc(SOSc2cccc(O)c2O)c1O. The minimum Gasteiger partial charge on any atom is -0.504 e. The molecule has 0 heterocycles. The highest BCUT2D eigenvalue weighted by Crippen LogP contribution is 2.42. The molecule has 0 bridgehead atoms. The second-order valence-corrected chi connectivity index (χ2v) is 5.24. The molecule has 7 heteroatoms. The highest BCUT2D eigenvalue weighted by molar-refractivity contribution is 8.08. The third-order valence-electron chi connectivity index (χ3n) is 2.20. The Hall–Kier alpha value is -1.70. The summed E-state index contributed by atoms with van der Waals surface area (Å²) >= 11 is 1.66. The summed E-state index contributed by atoms with van der Waals surface area (Å²) in [6, 6.07) is 8.99. The molecule has 0 aliphatic rings. The summed E-state index contributed by atoms with van der Waals surface area (Å²) < 4.78 is 5.17. The molecular weight excluding hydrogens is 288 g/mol. The van der Waals surface area contributed by atoms with Gasteiger partial charge in [-0.15, -0.1) is 0 Å². The predicted molar refractivity (Wildman–Crippen MR) is 72.3 cm³/mol. The summed E-state index contributed by atoms with van der Waals surface area (Å²) in [6.45, 7) is 0. The summed E-state index contributed by atoms with van der Waals surface area (Å²) in [6.07, 6.45) is 0. The maximum absolute atomic E-state index is 9.54. The Bertz CT molecular complexity index is 537. The van der Waals surface area contributed by atoms with E-state index < -0.39 is 0 Å². The molecule has 0 aliphatic heterocycles. The zero-order valence-corrected chi connectivity index (χ0v) is 11.1. The first-order valence-electron chi connectivity index (χ1n) is 5.12. The van der Waals surface area contributed by atoms with Gasteiger partial charge in [0.1, 0.15) is 0 Å². The van der Waals surface area contributed by atoms with Gasteiger partial charge in [0.05, 0.1) is 9.79 Å². The molecule has 0 saturated heterocycles. The Morgan fingerprint density at radius 2 is 1.11 bits per heavy atom. The highest BCUT2D eigenvalue weighted by atomic mass is 32.2. The molecule has 19 heavy (non-hydrogen) atoms. The molecule has 0 unspecified atom stereocenters. The molecule has 100 valence electrons. The number of hydrogen-bond acceptors (Lipinski definition) is 7. The molecule has 2 rings (SSSR count). The van der Waals surface area contributed by atoms with Gasteiger partial charge >= 0.3 is 0 Å². The Morgan fingerprint density at radius 1 is 0.684 bits per heavy atom. The molecule has 0 aromatic heterocycles. The van der Waals surface area contributed by atoms with Crippen LogP contribution in [0.3, 0.4) is 0 Å². The van der Waals surface area contributed by atoms with Crippen molar-refractivity contribution in [2.24, 2.45) is 0 Å². The van der Waals surface area contributed by atoms with Crippen LogP contribution in [-0.4, -0.2) is 20.4 Å². The van der Waals surface area contributed by atoms with E-state index in [1.54, 1.807) is 24.3 Å². The van der Waals surface area contributed by atoms with E-state index in [9.17, 15) is 20.4 Å². The lowest BCUT2D eigenvalue weighted by Crippen LogP contribution is -1.77. The molecule has 0 amide bonds. The largest absolute Gasteiger partial charge is 0.504 e. The highest BCUT2D eigenvalue weighted by Gasteiger charge is 2.10. The van der Waals surface area contributed by atoms with Gasteiger partial charge < -0.3 is 20.4 Å². The van der Waals surface area contributed by atoms with Gasteiger partial charge in [-0.1, -0.05) is 12.1 Å². The molecule has 0 radical (unpaired) electrons. The van der Waals surface area contributed by atoms with Crippen molar-refractivity contribution in [1.29, 1.82) is 0 Å². The van der Waals surface area contributed by atoms with Crippen LogP contribution in [0.2, 0.25) is 0 Å². The molecule has 4 N–H and O–H groups in total. The van der Waals surface area contributed by atoms with E-state index in [0.717, 1.165) is 24.1 Å². The zero-order valence-electron chi connectivity index (χ0n) is 9.48. The lowest BCUT2D eigenvalue weighted by molar-refractivity contribution is 0.393. The number of aromatic hydroxyl groups is 4. The first-order valence-corrected chi connectivity index (χ1v) is 6.61. The topological polar surface area (TPSA) is 90.2 Å². The van der Waals surface area contributed by atoms with Gasteiger partial charge in [0.25, 0.3) is 0 Å². The Morgan fingerprint density at radius 3 is 1.53 bits per heavy atom. The molecule has 0 aliphatic carbocycles. The average molecular weight is 298 g/mol. The first kappa shape index (κ1) is 13.7. The minimum atomic E-state index is -0.270. The first-order chi connectivity index (χ1) is 9.09. The van der Waals surface area contributed by atoms with Crippen LogP contribution in [0.4, 0.5) is 0 Å². The zero-order chi connectivity index (χ0) is 13.8. The number of hydrogen-bond donors (Lipinski definition) is 4. The van der Waals surface area contributed by atoms with Crippen molar-refractivity contribution in [3.05, 3.63) is 36.4 Å². The van der Waals surface area contributed by atoms with Crippen molar-refractivity contribution in [3.63, 3.8) is 0 Å². The molecule has 0 atom stereocenters. The number of rotatable bonds is 4. The molecular formula is C12H10O5S2. The monoisotopic (exact) mass is 298 g/mol. The van der Waals surface area contributed by atoms with Gasteiger partial charge in [-0.25, -0.2) is 3.63 Å². The number of phenolic OH excluding ortho intramolecular Hbond substituents is 4. The van der Waals surface area contributed by atoms with E-state index in [2.05, 4.69) is 0 Å². The standard InChI is InChI=1S/C12H10O5S2/c13-7-3-1-5-9(11(7)15)18-17-19-10-6-2-4-8(14)12(10)16/h1-6,13-16H. The van der Waals surface area contributed by atoms with Crippen molar-refractivity contribution in [2.45, 2.75) is 9.79 Å². The van der Waals surface area contributed by atoms with E-state index >= 15 is 0 Å². The van der Waals surface area contributed by atoms with Crippen LogP contribution >= 0.6 is 24.1 Å². The average Bonchev–Trinajstić information content (AvgIpc) is 2.39. The van der Waals surface area contributed by atoms with Crippen LogP contribution in [0.5, 0.6) is 23.0 Å². The van der Waals surface area contributed by atoms with Crippen molar-refractivity contribution in [3.8, 4) is 23.0 Å². The molecule has 0 spiro atoms. The fourth-order valence-corrected chi connectivity index (χ4v) is 2.60. The van der Waals surface area contributed by atoms with Gasteiger partial charge in [-0.3, -0.25) is 0 Å². The summed E-state index contributed by atoms with van der Waals surface area (Å²) in [5.41, 5.74) is 0. The maximum Gasteiger partial charge on any atom is 0.173 e. The van der Waals surface area contributed by atoms with Gasteiger partial charge in [0.15, 0.2) is 23.0 Å². The van der Waals surface area contributed by atoms with Crippen molar-refractivity contribution < 1.29 is 24.1 Å². The van der Waals surface area contributed by atoms with E-state index in [1.165, 1.54) is 12.1 Å². The van der Waals surface area contributed by atoms with Crippen LogP contribution < -0.4 is 0 Å². The second kappa shape index (κ2) is 5.96. The van der Waals surface area contributed by atoms with E-state index in [4.69, 9.17) is 3.63 Å².